The van der Waals surface area contributed by atoms with E-state index in [1.54, 1.807) is 22.3 Å². The third kappa shape index (κ3) is 2.74. The first-order chi connectivity index (χ1) is 7.09. The zero-order chi connectivity index (χ0) is 11.4. The molecule has 0 aromatic carbocycles. The Balaban J connectivity index is 2.50. The lowest BCUT2D eigenvalue weighted by molar-refractivity contribution is 0.562. The summed E-state index contributed by atoms with van der Waals surface area (Å²) in [6, 6.07) is 0. The maximum atomic E-state index is 2.32. The van der Waals surface area contributed by atoms with Crippen molar-refractivity contribution in [3.05, 3.63) is 22.3 Å². The molecule has 0 unspecified atom stereocenters. The number of hydrogen-bond donors (Lipinski definition) is 0. The quantitative estimate of drug-likeness (QED) is 0.538. The minimum Gasteiger partial charge on any atom is -0.0654 e. The second-order valence-corrected chi connectivity index (χ2v) is 5.02. The molecule has 1 aliphatic rings. The number of hydrogen-bond acceptors (Lipinski definition) is 0. The Morgan fingerprint density at radius 1 is 0.800 bits per heavy atom. The van der Waals surface area contributed by atoms with Crippen LogP contribution in [-0.2, 0) is 0 Å². The smallest absolute Gasteiger partial charge is 0.00130 e. The maximum absolute atomic E-state index is 2.32. The van der Waals surface area contributed by atoms with Crippen LogP contribution in [0.25, 0.3) is 0 Å². The fourth-order valence-corrected chi connectivity index (χ4v) is 2.65. The molecule has 0 aromatic rings. The van der Waals surface area contributed by atoms with E-state index in [4.69, 9.17) is 0 Å². The highest BCUT2D eigenvalue weighted by molar-refractivity contribution is 5.46. The van der Waals surface area contributed by atoms with Crippen LogP contribution in [0.4, 0.5) is 0 Å². The molecule has 0 radical (unpaired) electrons. The molecular weight excluding hydrogens is 180 g/mol. The first-order valence-electron chi connectivity index (χ1n) is 6.44. The number of allylic oxidation sites excluding steroid dienone is 4. The predicted molar refractivity (Wildman–Crippen MR) is 69.0 cm³/mol. The standard InChI is InChI=1S/C15H26/c1-6-7-8-9-10-15-13(4)11(2)12(3)14(15)5/h15H,6-10H2,1-5H3. The fraction of sp³-hybridized carbons (Fsp3) is 0.733. The summed E-state index contributed by atoms with van der Waals surface area (Å²) in [5, 5.41) is 0. The van der Waals surface area contributed by atoms with Crippen molar-refractivity contribution in [3.63, 3.8) is 0 Å². The summed E-state index contributed by atoms with van der Waals surface area (Å²) in [5.74, 6) is 0.766. The fourth-order valence-electron chi connectivity index (χ4n) is 2.65. The summed E-state index contributed by atoms with van der Waals surface area (Å²) in [6.45, 7) is 11.5. The van der Waals surface area contributed by atoms with E-state index < -0.39 is 0 Å². The van der Waals surface area contributed by atoms with Crippen LogP contribution in [0.3, 0.4) is 0 Å². The van der Waals surface area contributed by atoms with Gasteiger partial charge in [0.15, 0.2) is 0 Å². The summed E-state index contributed by atoms with van der Waals surface area (Å²) >= 11 is 0. The summed E-state index contributed by atoms with van der Waals surface area (Å²) in [7, 11) is 0. The SMILES string of the molecule is CCCCCCC1C(C)=C(C)C(C)=C1C. The topological polar surface area (TPSA) is 0 Å². The van der Waals surface area contributed by atoms with E-state index in [0.717, 1.165) is 5.92 Å². The van der Waals surface area contributed by atoms with E-state index in [1.165, 1.54) is 32.1 Å². The van der Waals surface area contributed by atoms with Crippen molar-refractivity contribution in [1.82, 2.24) is 0 Å². The Hall–Kier alpha value is -0.520. The Morgan fingerprint density at radius 2 is 1.33 bits per heavy atom. The molecule has 0 atom stereocenters. The van der Waals surface area contributed by atoms with Crippen molar-refractivity contribution >= 4 is 0 Å². The van der Waals surface area contributed by atoms with Crippen LogP contribution >= 0.6 is 0 Å². The van der Waals surface area contributed by atoms with Crippen LogP contribution in [0.1, 0.15) is 66.7 Å². The maximum Gasteiger partial charge on any atom is 0.00130 e. The van der Waals surface area contributed by atoms with Crippen molar-refractivity contribution in [2.75, 3.05) is 0 Å². The highest BCUT2D eigenvalue weighted by Crippen LogP contribution is 2.39. The van der Waals surface area contributed by atoms with Crippen LogP contribution in [0.2, 0.25) is 0 Å². The van der Waals surface area contributed by atoms with Crippen molar-refractivity contribution in [1.29, 1.82) is 0 Å². The van der Waals surface area contributed by atoms with Crippen LogP contribution in [-0.4, -0.2) is 0 Å². The Kier molecular flexibility index (Phi) is 4.63. The van der Waals surface area contributed by atoms with Crippen molar-refractivity contribution in [2.45, 2.75) is 66.7 Å². The molecule has 0 heteroatoms. The third-order valence-electron chi connectivity index (χ3n) is 4.14. The number of unbranched alkanes of at least 4 members (excludes halogenated alkanes) is 3. The monoisotopic (exact) mass is 206 g/mol. The van der Waals surface area contributed by atoms with Gasteiger partial charge in [-0.2, -0.15) is 0 Å². The Labute approximate surface area is 95.5 Å². The first kappa shape index (κ1) is 12.5. The van der Waals surface area contributed by atoms with Gasteiger partial charge < -0.3 is 0 Å². The van der Waals surface area contributed by atoms with E-state index in [-0.39, 0.29) is 0 Å². The van der Waals surface area contributed by atoms with Gasteiger partial charge in [0.05, 0.1) is 0 Å². The zero-order valence-corrected chi connectivity index (χ0v) is 11.1. The molecule has 1 aliphatic carbocycles. The largest absolute Gasteiger partial charge is 0.0654 e. The molecule has 0 spiro atoms. The van der Waals surface area contributed by atoms with E-state index in [2.05, 4.69) is 34.6 Å². The van der Waals surface area contributed by atoms with Crippen LogP contribution in [0.15, 0.2) is 22.3 Å². The summed E-state index contributed by atoms with van der Waals surface area (Å²) in [4.78, 5) is 0. The first-order valence-corrected chi connectivity index (χ1v) is 6.44. The summed E-state index contributed by atoms with van der Waals surface area (Å²) < 4.78 is 0. The average molecular weight is 206 g/mol. The number of rotatable bonds is 5. The molecule has 15 heavy (non-hydrogen) atoms. The van der Waals surface area contributed by atoms with Crippen molar-refractivity contribution < 1.29 is 0 Å². The summed E-state index contributed by atoms with van der Waals surface area (Å²) in [5.41, 5.74) is 6.35. The Morgan fingerprint density at radius 3 is 1.80 bits per heavy atom. The van der Waals surface area contributed by atoms with Gasteiger partial charge in [0.1, 0.15) is 0 Å². The lowest BCUT2D eigenvalue weighted by Gasteiger charge is -2.14. The second-order valence-electron chi connectivity index (χ2n) is 5.02. The van der Waals surface area contributed by atoms with E-state index in [1.807, 2.05) is 0 Å². The molecule has 0 saturated carbocycles. The normalized spacial score (nSPS) is 18.2. The van der Waals surface area contributed by atoms with Crippen LogP contribution in [0, 0.1) is 5.92 Å². The second kappa shape index (κ2) is 5.53. The lowest BCUT2D eigenvalue weighted by atomic mass is 9.91. The molecule has 0 aromatic heterocycles. The molecule has 0 fully saturated rings. The van der Waals surface area contributed by atoms with Gasteiger partial charge in [-0.15, -0.1) is 0 Å². The van der Waals surface area contributed by atoms with Crippen LogP contribution in [0.5, 0.6) is 0 Å². The van der Waals surface area contributed by atoms with Gasteiger partial charge in [0.2, 0.25) is 0 Å². The Bertz CT molecular complexity index is 254. The highest BCUT2D eigenvalue weighted by Gasteiger charge is 2.23. The van der Waals surface area contributed by atoms with E-state index in [9.17, 15) is 0 Å². The molecule has 0 bridgehead atoms. The van der Waals surface area contributed by atoms with Gasteiger partial charge in [-0.25, -0.2) is 0 Å². The van der Waals surface area contributed by atoms with Crippen molar-refractivity contribution in [2.24, 2.45) is 5.92 Å². The molecule has 0 nitrogen and oxygen atoms in total. The van der Waals surface area contributed by atoms with E-state index >= 15 is 0 Å². The molecule has 86 valence electrons. The zero-order valence-electron chi connectivity index (χ0n) is 11.1. The van der Waals surface area contributed by atoms with Gasteiger partial charge in [-0.3, -0.25) is 0 Å². The third-order valence-corrected chi connectivity index (χ3v) is 4.14. The van der Waals surface area contributed by atoms with Crippen molar-refractivity contribution in [3.8, 4) is 0 Å². The van der Waals surface area contributed by atoms with E-state index in [0.29, 0.717) is 0 Å². The van der Waals surface area contributed by atoms with Gasteiger partial charge >= 0.3 is 0 Å². The lowest BCUT2D eigenvalue weighted by Crippen LogP contribution is -2.00. The molecule has 0 aliphatic heterocycles. The molecular formula is C15H26. The highest BCUT2D eigenvalue weighted by atomic mass is 14.3. The van der Waals surface area contributed by atoms with Crippen LogP contribution < -0.4 is 0 Å². The molecule has 0 heterocycles. The van der Waals surface area contributed by atoms with Gasteiger partial charge in [-0.1, -0.05) is 43.8 Å². The van der Waals surface area contributed by atoms with Gasteiger partial charge in [0, 0.05) is 5.92 Å². The summed E-state index contributed by atoms with van der Waals surface area (Å²) in [6.07, 6.45) is 6.91. The molecule has 0 saturated heterocycles. The minimum atomic E-state index is 0.766. The molecule has 0 N–H and O–H groups in total. The minimum absolute atomic E-state index is 0.766. The van der Waals surface area contributed by atoms with Gasteiger partial charge in [0.25, 0.3) is 0 Å². The predicted octanol–water partition coefficient (Wildman–Crippen LogP) is 5.26. The average Bonchev–Trinajstić information content (AvgIpc) is 2.41. The molecule has 0 amide bonds. The molecule has 1 rings (SSSR count). The van der Waals surface area contributed by atoms with Gasteiger partial charge in [-0.05, 0) is 45.3 Å².